The SMILES string of the molecule is CCCCNC(=O)C1OCC(=O)N(C)C1c1ccccc1F. The number of ether oxygens (including phenoxy) is 1. The van der Waals surface area contributed by atoms with Crippen LogP contribution in [0.5, 0.6) is 0 Å². The summed E-state index contributed by atoms with van der Waals surface area (Å²) in [5, 5.41) is 2.78. The van der Waals surface area contributed by atoms with Crippen LogP contribution < -0.4 is 5.32 Å². The Kier molecular flexibility index (Phi) is 5.49. The van der Waals surface area contributed by atoms with Crippen molar-refractivity contribution >= 4 is 11.8 Å². The molecule has 22 heavy (non-hydrogen) atoms. The topological polar surface area (TPSA) is 58.6 Å². The van der Waals surface area contributed by atoms with E-state index in [0.29, 0.717) is 6.54 Å². The maximum atomic E-state index is 14.1. The van der Waals surface area contributed by atoms with E-state index >= 15 is 0 Å². The minimum atomic E-state index is -0.906. The first kappa shape index (κ1) is 16.4. The molecule has 1 fully saturated rings. The second-order valence-corrected chi connectivity index (χ2v) is 5.35. The number of benzene rings is 1. The third-order valence-corrected chi connectivity index (χ3v) is 3.80. The highest BCUT2D eigenvalue weighted by Gasteiger charge is 2.40. The van der Waals surface area contributed by atoms with Crippen LogP contribution in [0, 0.1) is 5.82 Å². The minimum Gasteiger partial charge on any atom is -0.356 e. The van der Waals surface area contributed by atoms with E-state index in [4.69, 9.17) is 4.74 Å². The molecule has 1 aliphatic rings. The van der Waals surface area contributed by atoms with Gasteiger partial charge in [-0.05, 0) is 12.5 Å². The van der Waals surface area contributed by atoms with Gasteiger partial charge in [0.25, 0.3) is 5.91 Å². The van der Waals surface area contributed by atoms with Gasteiger partial charge in [-0.2, -0.15) is 0 Å². The first-order valence-corrected chi connectivity index (χ1v) is 7.45. The van der Waals surface area contributed by atoms with Crippen LogP contribution in [0.1, 0.15) is 31.4 Å². The van der Waals surface area contributed by atoms with Crippen molar-refractivity contribution in [1.82, 2.24) is 10.2 Å². The van der Waals surface area contributed by atoms with Gasteiger partial charge in [0, 0.05) is 19.2 Å². The van der Waals surface area contributed by atoms with Crippen LogP contribution in [-0.4, -0.2) is 43.0 Å². The summed E-state index contributed by atoms with van der Waals surface area (Å²) in [4.78, 5) is 25.6. The van der Waals surface area contributed by atoms with E-state index in [1.54, 1.807) is 25.2 Å². The lowest BCUT2D eigenvalue weighted by Crippen LogP contribution is -2.53. The zero-order valence-electron chi connectivity index (χ0n) is 12.8. The number of morpholine rings is 1. The van der Waals surface area contributed by atoms with Crippen molar-refractivity contribution in [2.45, 2.75) is 31.9 Å². The van der Waals surface area contributed by atoms with Crippen LogP contribution in [0.2, 0.25) is 0 Å². The fourth-order valence-electron chi connectivity index (χ4n) is 2.51. The summed E-state index contributed by atoms with van der Waals surface area (Å²) in [6, 6.07) is 5.38. The molecule has 0 aliphatic carbocycles. The average Bonchev–Trinajstić information content (AvgIpc) is 2.51. The molecular formula is C16H21FN2O3. The third kappa shape index (κ3) is 3.44. The normalized spacial score (nSPS) is 21.8. The molecule has 1 aliphatic heterocycles. The largest absolute Gasteiger partial charge is 0.356 e. The van der Waals surface area contributed by atoms with Gasteiger partial charge in [0.15, 0.2) is 6.10 Å². The Morgan fingerprint density at radius 1 is 1.45 bits per heavy atom. The number of carbonyl (C=O) groups is 2. The van der Waals surface area contributed by atoms with Gasteiger partial charge in [-0.15, -0.1) is 0 Å². The summed E-state index contributed by atoms with van der Waals surface area (Å²) in [5.74, 6) is -1.05. The number of hydrogen-bond acceptors (Lipinski definition) is 3. The van der Waals surface area contributed by atoms with Gasteiger partial charge in [0.1, 0.15) is 12.4 Å². The molecule has 0 saturated carbocycles. The first-order chi connectivity index (χ1) is 10.6. The van der Waals surface area contributed by atoms with Gasteiger partial charge < -0.3 is 15.0 Å². The van der Waals surface area contributed by atoms with Gasteiger partial charge in [-0.1, -0.05) is 31.5 Å². The molecule has 5 nitrogen and oxygen atoms in total. The van der Waals surface area contributed by atoms with Crippen molar-refractivity contribution in [2.75, 3.05) is 20.2 Å². The lowest BCUT2D eigenvalue weighted by molar-refractivity contribution is -0.162. The average molecular weight is 308 g/mol. The molecule has 0 radical (unpaired) electrons. The molecule has 2 unspecified atom stereocenters. The van der Waals surface area contributed by atoms with Gasteiger partial charge in [0.2, 0.25) is 5.91 Å². The molecule has 0 spiro atoms. The highest BCUT2D eigenvalue weighted by Crippen LogP contribution is 2.30. The Balaban J connectivity index is 2.25. The molecular weight excluding hydrogens is 287 g/mol. The number of amides is 2. The van der Waals surface area contributed by atoms with E-state index in [-0.39, 0.29) is 24.0 Å². The quantitative estimate of drug-likeness (QED) is 0.841. The number of halogens is 1. The Hall–Kier alpha value is -1.95. The minimum absolute atomic E-state index is 0.173. The molecule has 1 aromatic carbocycles. The van der Waals surface area contributed by atoms with Gasteiger partial charge >= 0.3 is 0 Å². The van der Waals surface area contributed by atoms with Gasteiger partial charge in [0.05, 0.1) is 6.04 Å². The zero-order chi connectivity index (χ0) is 16.1. The van der Waals surface area contributed by atoms with E-state index < -0.39 is 18.0 Å². The maximum Gasteiger partial charge on any atom is 0.251 e. The monoisotopic (exact) mass is 308 g/mol. The molecule has 1 N–H and O–H groups in total. The fourth-order valence-corrected chi connectivity index (χ4v) is 2.51. The van der Waals surface area contributed by atoms with Gasteiger partial charge in [-0.25, -0.2) is 4.39 Å². The van der Waals surface area contributed by atoms with Crippen LogP contribution in [0.25, 0.3) is 0 Å². The van der Waals surface area contributed by atoms with E-state index in [1.807, 2.05) is 6.92 Å². The second-order valence-electron chi connectivity index (χ2n) is 5.35. The smallest absolute Gasteiger partial charge is 0.251 e. The molecule has 1 saturated heterocycles. The van der Waals surface area contributed by atoms with Crippen molar-refractivity contribution in [3.63, 3.8) is 0 Å². The Morgan fingerprint density at radius 2 is 2.18 bits per heavy atom. The summed E-state index contributed by atoms with van der Waals surface area (Å²) in [7, 11) is 1.56. The van der Waals surface area contributed by atoms with Gasteiger partial charge in [-0.3, -0.25) is 9.59 Å². The third-order valence-electron chi connectivity index (χ3n) is 3.80. The maximum absolute atomic E-state index is 14.1. The lowest BCUT2D eigenvalue weighted by atomic mass is 9.97. The zero-order valence-corrected chi connectivity index (χ0v) is 12.8. The van der Waals surface area contributed by atoms with E-state index in [1.165, 1.54) is 11.0 Å². The van der Waals surface area contributed by atoms with Crippen LogP contribution in [0.4, 0.5) is 4.39 Å². The lowest BCUT2D eigenvalue weighted by Gasteiger charge is -2.38. The van der Waals surface area contributed by atoms with Crippen molar-refractivity contribution in [2.24, 2.45) is 0 Å². The predicted octanol–water partition coefficient (Wildman–Crippen LogP) is 1.64. The summed E-state index contributed by atoms with van der Waals surface area (Å²) in [5.41, 5.74) is 0.286. The number of carbonyl (C=O) groups excluding carboxylic acids is 2. The van der Waals surface area contributed by atoms with E-state index in [0.717, 1.165) is 12.8 Å². The van der Waals surface area contributed by atoms with Crippen LogP contribution in [0.3, 0.4) is 0 Å². The molecule has 6 heteroatoms. The standard InChI is InChI=1S/C16H21FN2O3/c1-3-4-9-18-16(21)15-14(19(2)13(20)10-22-15)11-7-5-6-8-12(11)17/h5-8,14-15H,3-4,9-10H2,1-2H3,(H,18,21). The Bertz CT molecular complexity index is 550. The van der Waals surface area contributed by atoms with Crippen molar-refractivity contribution in [3.8, 4) is 0 Å². The highest BCUT2D eigenvalue weighted by atomic mass is 19.1. The molecule has 1 heterocycles. The summed E-state index contributed by atoms with van der Waals surface area (Å²) < 4.78 is 19.5. The summed E-state index contributed by atoms with van der Waals surface area (Å²) in [6.07, 6.45) is 0.912. The van der Waals surface area contributed by atoms with Crippen LogP contribution >= 0.6 is 0 Å². The predicted molar refractivity (Wildman–Crippen MR) is 79.6 cm³/mol. The van der Waals surface area contributed by atoms with E-state index in [9.17, 15) is 14.0 Å². The van der Waals surface area contributed by atoms with E-state index in [2.05, 4.69) is 5.32 Å². The number of hydrogen-bond donors (Lipinski definition) is 1. The van der Waals surface area contributed by atoms with Crippen LogP contribution in [-0.2, 0) is 14.3 Å². The fraction of sp³-hybridized carbons (Fsp3) is 0.500. The molecule has 2 atom stereocenters. The summed E-state index contributed by atoms with van der Waals surface area (Å²) in [6.45, 7) is 2.39. The molecule has 2 amide bonds. The highest BCUT2D eigenvalue weighted by molar-refractivity contribution is 5.86. The second kappa shape index (κ2) is 7.35. The number of nitrogens with zero attached hydrogens (tertiary/aromatic N) is 1. The Morgan fingerprint density at radius 3 is 2.86 bits per heavy atom. The Labute approximate surface area is 129 Å². The number of likely N-dealkylation sites (N-methyl/N-ethyl adjacent to an activating group) is 1. The molecule has 120 valence electrons. The molecule has 0 aromatic heterocycles. The van der Waals surface area contributed by atoms with Crippen molar-refractivity contribution in [1.29, 1.82) is 0 Å². The molecule has 0 bridgehead atoms. The molecule has 2 rings (SSSR count). The number of unbranched alkanes of at least 4 members (excludes halogenated alkanes) is 1. The number of nitrogens with one attached hydrogen (secondary N) is 1. The summed E-state index contributed by atoms with van der Waals surface area (Å²) >= 11 is 0. The number of rotatable bonds is 5. The van der Waals surface area contributed by atoms with Crippen LogP contribution in [0.15, 0.2) is 24.3 Å². The molecule has 1 aromatic rings. The van der Waals surface area contributed by atoms with Crippen molar-refractivity contribution in [3.05, 3.63) is 35.6 Å². The van der Waals surface area contributed by atoms with Crippen molar-refractivity contribution < 1.29 is 18.7 Å². The first-order valence-electron chi connectivity index (χ1n) is 7.45.